The van der Waals surface area contributed by atoms with Crippen LogP contribution in [0.2, 0.25) is 0 Å². The number of rotatable bonds is 4. The zero-order chi connectivity index (χ0) is 30.9. The quantitative estimate of drug-likeness (QED) is 0.188. The Morgan fingerprint density at radius 2 is 1.11 bits per heavy atom. The van der Waals surface area contributed by atoms with Gasteiger partial charge in [-0.2, -0.15) is 0 Å². The lowest BCUT2D eigenvalue weighted by Gasteiger charge is -2.13. The predicted octanol–water partition coefficient (Wildman–Crippen LogP) is 10.1. The topological polar surface area (TPSA) is 56.7 Å². The first-order chi connectivity index (χ1) is 23.3. The van der Waals surface area contributed by atoms with Gasteiger partial charge in [0.2, 0.25) is 0 Å². The molecular weight excluding hydrogens is 578 g/mol. The van der Waals surface area contributed by atoms with Crippen molar-refractivity contribution in [3.63, 3.8) is 0 Å². The molecule has 5 aromatic heterocycles. The number of benzene rings is 5. The number of imidazole rings is 2. The maximum atomic E-state index is 6.61. The molecule has 0 saturated carbocycles. The van der Waals surface area contributed by atoms with E-state index in [9.17, 15) is 0 Å². The highest BCUT2D eigenvalue weighted by Gasteiger charge is 2.21. The molecule has 0 spiro atoms. The fourth-order valence-electron chi connectivity index (χ4n) is 7.01. The second kappa shape index (κ2) is 9.99. The average Bonchev–Trinajstić information content (AvgIpc) is 3.80. The van der Waals surface area contributed by atoms with Gasteiger partial charge in [0.15, 0.2) is 0 Å². The minimum atomic E-state index is 0.729. The molecule has 0 radical (unpaired) electrons. The third-order valence-corrected chi connectivity index (χ3v) is 9.05. The van der Waals surface area contributed by atoms with Crippen LogP contribution in [0, 0.1) is 0 Å². The first-order valence-electron chi connectivity index (χ1n) is 15.6. The minimum absolute atomic E-state index is 0.729. The van der Waals surface area contributed by atoms with Crippen molar-refractivity contribution in [3.05, 3.63) is 152 Å². The summed E-state index contributed by atoms with van der Waals surface area (Å²) in [7, 11) is 0. The molecule has 6 heteroatoms. The number of para-hydroxylation sites is 1. The third-order valence-electron chi connectivity index (χ3n) is 9.05. The first kappa shape index (κ1) is 25.8. The van der Waals surface area contributed by atoms with Crippen LogP contribution >= 0.6 is 0 Å². The zero-order valence-corrected chi connectivity index (χ0v) is 25.1. The van der Waals surface area contributed by atoms with Gasteiger partial charge in [0.05, 0.1) is 16.9 Å². The summed E-state index contributed by atoms with van der Waals surface area (Å²) in [6.45, 7) is 0. The van der Waals surface area contributed by atoms with Crippen molar-refractivity contribution in [2.45, 2.75) is 0 Å². The normalized spacial score (nSPS) is 11.8. The van der Waals surface area contributed by atoms with Gasteiger partial charge in [0.25, 0.3) is 0 Å². The summed E-state index contributed by atoms with van der Waals surface area (Å²) in [6.07, 6.45) is 5.71. The molecular formula is C41H25N5O. The molecule has 0 aliphatic carbocycles. The average molecular weight is 604 g/mol. The number of ether oxygens (including phenoxy) is 1. The second-order valence-electron chi connectivity index (χ2n) is 11.7. The van der Waals surface area contributed by atoms with Crippen molar-refractivity contribution in [3.8, 4) is 34.0 Å². The highest BCUT2D eigenvalue weighted by Crippen LogP contribution is 2.40. The number of hydrogen-bond donors (Lipinski definition) is 0. The number of nitrogens with zero attached hydrogens (tertiary/aromatic N) is 5. The summed E-state index contributed by atoms with van der Waals surface area (Å²) in [5.41, 5.74) is 7.78. The van der Waals surface area contributed by atoms with Crippen LogP contribution in [0.1, 0.15) is 0 Å². The molecule has 6 nitrogen and oxygen atoms in total. The van der Waals surface area contributed by atoms with E-state index < -0.39 is 0 Å². The van der Waals surface area contributed by atoms with Gasteiger partial charge in [0.1, 0.15) is 28.4 Å². The van der Waals surface area contributed by atoms with Crippen LogP contribution in [-0.2, 0) is 0 Å². The molecule has 0 saturated heterocycles. The first-order valence-corrected chi connectivity index (χ1v) is 15.6. The van der Waals surface area contributed by atoms with Gasteiger partial charge in [-0.1, -0.05) is 78.9 Å². The van der Waals surface area contributed by atoms with Gasteiger partial charge < -0.3 is 4.74 Å². The molecule has 0 bridgehead atoms. The minimum Gasteiger partial charge on any atom is -0.457 e. The summed E-state index contributed by atoms with van der Waals surface area (Å²) in [5, 5.41) is 6.47. The van der Waals surface area contributed by atoms with E-state index in [0.717, 1.165) is 83.4 Å². The number of fused-ring (bicyclic) bond motifs is 12. The van der Waals surface area contributed by atoms with E-state index in [1.54, 1.807) is 0 Å². The van der Waals surface area contributed by atoms with E-state index in [1.807, 2.05) is 48.9 Å². The Kier molecular flexibility index (Phi) is 5.48. The Morgan fingerprint density at radius 1 is 0.468 bits per heavy atom. The van der Waals surface area contributed by atoms with Crippen molar-refractivity contribution in [2.75, 3.05) is 0 Å². The number of aromatic nitrogens is 5. The van der Waals surface area contributed by atoms with Crippen molar-refractivity contribution < 1.29 is 4.74 Å². The molecule has 5 aromatic carbocycles. The van der Waals surface area contributed by atoms with Crippen LogP contribution in [0.5, 0.6) is 11.5 Å². The largest absolute Gasteiger partial charge is 0.457 e. The smallest absolute Gasteiger partial charge is 0.147 e. The maximum absolute atomic E-state index is 6.61. The summed E-state index contributed by atoms with van der Waals surface area (Å²) in [6, 6.07) is 45.8. The van der Waals surface area contributed by atoms with Gasteiger partial charge in [0, 0.05) is 51.3 Å². The third kappa shape index (κ3) is 3.88. The molecule has 0 unspecified atom stereocenters. The van der Waals surface area contributed by atoms with Crippen LogP contribution in [0.3, 0.4) is 0 Å². The van der Waals surface area contributed by atoms with Crippen LogP contribution < -0.4 is 4.74 Å². The number of pyridine rings is 3. The second-order valence-corrected chi connectivity index (χ2v) is 11.7. The van der Waals surface area contributed by atoms with E-state index in [-0.39, 0.29) is 0 Å². The van der Waals surface area contributed by atoms with Gasteiger partial charge >= 0.3 is 0 Å². The van der Waals surface area contributed by atoms with Crippen LogP contribution in [0.25, 0.3) is 77.3 Å². The lowest BCUT2D eigenvalue weighted by molar-refractivity contribution is 0.484. The van der Waals surface area contributed by atoms with E-state index in [2.05, 4.69) is 112 Å². The molecule has 0 fully saturated rings. The predicted molar refractivity (Wildman–Crippen MR) is 189 cm³/mol. The molecule has 220 valence electrons. The zero-order valence-electron chi connectivity index (χ0n) is 25.1. The van der Waals surface area contributed by atoms with Gasteiger partial charge in [-0.3, -0.25) is 8.80 Å². The van der Waals surface area contributed by atoms with Crippen LogP contribution in [0.4, 0.5) is 0 Å². The summed E-state index contributed by atoms with van der Waals surface area (Å²) in [5.74, 6) is 1.47. The fourth-order valence-corrected chi connectivity index (χ4v) is 7.01. The van der Waals surface area contributed by atoms with Gasteiger partial charge in [-0.05, 0) is 65.4 Å². The van der Waals surface area contributed by atoms with Crippen LogP contribution in [0.15, 0.2) is 152 Å². The maximum Gasteiger partial charge on any atom is 0.147 e. The Hall–Kier alpha value is -6.53. The van der Waals surface area contributed by atoms with E-state index in [4.69, 9.17) is 19.7 Å². The Bertz CT molecular complexity index is 2820. The fraction of sp³-hybridized carbons (Fsp3) is 0. The standard InChI is InChI=1S/C41H25N5O/c1-3-10-26(11-4-1)37-38(27-12-5-2-6-13-27)46-40-33(15-9-21-42-40)31-20-18-29(25-35(31)41(46)44-37)47-28-17-19-30-32-14-7-8-16-36(32)45-23-22-43-39(45)34(30)24-28/h1-25H. The highest BCUT2D eigenvalue weighted by molar-refractivity contribution is 6.13. The molecule has 0 amide bonds. The van der Waals surface area contributed by atoms with Crippen molar-refractivity contribution in [2.24, 2.45) is 0 Å². The molecule has 0 atom stereocenters. The lowest BCUT2D eigenvalue weighted by Crippen LogP contribution is -1.96. The monoisotopic (exact) mass is 603 g/mol. The molecule has 10 aromatic rings. The van der Waals surface area contributed by atoms with Crippen LogP contribution in [-0.4, -0.2) is 23.8 Å². The molecule has 5 heterocycles. The summed E-state index contributed by atoms with van der Waals surface area (Å²) >= 11 is 0. The SMILES string of the molecule is c1ccc(-c2nc3c4cc(Oc5ccc6c7ccccc7n7ccnc7c6c5)ccc4c4cccnc4n3c2-c2ccccc2)cc1. The molecule has 0 N–H and O–H groups in total. The summed E-state index contributed by atoms with van der Waals surface area (Å²) in [4.78, 5) is 14.9. The Morgan fingerprint density at radius 3 is 1.89 bits per heavy atom. The molecule has 47 heavy (non-hydrogen) atoms. The van der Waals surface area contributed by atoms with Crippen molar-refractivity contribution in [1.82, 2.24) is 23.8 Å². The van der Waals surface area contributed by atoms with Crippen molar-refractivity contribution >= 4 is 54.8 Å². The van der Waals surface area contributed by atoms with E-state index in [1.165, 1.54) is 5.39 Å². The Labute approximate surface area is 268 Å². The molecule has 10 rings (SSSR count). The van der Waals surface area contributed by atoms with Gasteiger partial charge in [-0.25, -0.2) is 15.0 Å². The Balaban J connectivity index is 1.21. The number of hydrogen-bond acceptors (Lipinski definition) is 4. The molecule has 0 aliphatic rings. The highest BCUT2D eigenvalue weighted by atomic mass is 16.5. The summed E-state index contributed by atoms with van der Waals surface area (Å²) < 4.78 is 11.0. The lowest BCUT2D eigenvalue weighted by atomic mass is 10.0. The van der Waals surface area contributed by atoms with E-state index >= 15 is 0 Å². The van der Waals surface area contributed by atoms with Gasteiger partial charge in [-0.15, -0.1) is 0 Å². The van der Waals surface area contributed by atoms with E-state index in [0.29, 0.717) is 0 Å². The van der Waals surface area contributed by atoms with Crippen molar-refractivity contribution in [1.29, 1.82) is 0 Å². The molecule has 0 aliphatic heterocycles.